The van der Waals surface area contributed by atoms with Gasteiger partial charge in [0.15, 0.2) is 0 Å². The van der Waals surface area contributed by atoms with E-state index in [9.17, 15) is 12.8 Å². The van der Waals surface area contributed by atoms with Gasteiger partial charge in [-0.1, -0.05) is 6.92 Å². The topological polar surface area (TPSA) is 46.6 Å². The maximum atomic E-state index is 13.3. The highest BCUT2D eigenvalue weighted by Gasteiger charge is 2.32. The number of hydrogen-bond donors (Lipinski definition) is 0. The first kappa shape index (κ1) is 15.4. The molecule has 1 aliphatic rings. The van der Waals surface area contributed by atoms with E-state index in [1.54, 1.807) is 13.8 Å². The minimum atomic E-state index is -3.60. The fourth-order valence-corrected chi connectivity index (χ4v) is 4.46. The highest BCUT2D eigenvalue weighted by Crippen LogP contribution is 2.26. The van der Waals surface area contributed by atoms with E-state index in [0.717, 1.165) is 6.42 Å². The molecule has 0 amide bonds. The van der Waals surface area contributed by atoms with Crippen LogP contribution in [-0.4, -0.2) is 38.5 Å². The highest BCUT2D eigenvalue weighted by molar-refractivity contribution is 7.89. The molecular formula is C14H20FNO3S. The number of morpholine rings is 1. The summed E-state index contributed by atoms with van der Waals surface area (Å²) in [6, 6.07) is 2.52. The second-order valence-corrected chi connectivity index (χ2v) is 7.01. The maximum absolute atomic E-state index is 13.3. The number of ether oxygens (including phenoxy) is 1. The molecule has 20 heavy (non-hydrogen) atoms. The smallest absolute Gasteiger partial charge is 0.243 e. The zero-order chi connectivity index (χ0) is 14.9. The molecule has 0 aliphatic carbocycles. The van der Waals surface area contributed by atoms with Gasteiger partial charge < -0.3 is 4.74 Å². The fraction of sp³-hybridized carbons (Fsp3) is 0.571. The van der Waals surface area contributed by atoms with E-state index in [0.29, 0.717) is 30.8 Å². The van der Waals surface area contributed by atoms with Gasteiger partial charge in [-0.05, 0) is 43.5 Å². The third-order valence-corrected chi connectivity index (χ3v) is 5.75. The van der Waals surface area contributed by atoms with Gasteiger partial charge in [-0.15, -0.1) is 0 Å². The van der Waals surface area contributed by atoms with Gasteiger partial charge in [-0.3, -0.25) is 0 Å². The van der Waals surface area contributed by atoms with Gasteiger partial charge in [0.2, 0.25) is 10.0 Å². The number of hydrogen-bond acceptors (Lipinski definition) is 3. The van der Waals surface area contributed by atoms with E-state index >= 15 is 0 Å². The van der Waals surface area contributed by atoms with Gasteiger partial charge in [0, 0.05) is 13.1 Å². The largest absolute Gasteiger partial charge is 0.375 e. The summed E-state index contributed by atoms with van der Waals surface area (Å²) in [6.45, 7) is 6.32. The molecule has 4 nitrogen and oxygen atoms in total. The monoisotopic (exact) mass is 301 g/mol. The Morgan fingerprint density at radius 1 is 1.35 bits per heavy atom. The predicted octanol–water partition coefficient (Wildman–Crippen LogP) is 2.24. The molecule has 1 aromatic rings. The molecule has 0 bridgehead atoms. The molecule has 1 unspecified atom stereocenters. The first-order valence-electron chi connectivity index (χ1n) is 6.74. The Labute approximate surface area is 119 Å². The number of aryl methyl sites for hydroxylation is 2. The maximum Gasteiger partial charge on any atom is 0.243 e. The summed E-state index contributed by atoms with van der Waals surface area (Å²) < 4.78 is 45.8. The second kappa shape index (κ2) is 5.79. The van der Waals surface area contributed by atoms with Crippen LogP contribution in [0.5, 0.6) is 0 Å². The molecule has 0 aromatic heterocycles. The summed E-state index contributed by atoms with van der Waals surface area (Å²) in [4.78, 5) is 0.218. The molecular weight excluding hydrogens is 281 g/mol. The number of halogens is 1. The minimum absolute atomic E-state index is 0.0698. The van der Waals surface area contributed by atoms with Crippen molar-refractivity contribution in [2.75, 3.05) is 19.7 Å². The van der Waals surface area contributed by atoms with Crippen molar-refractivity contribution in [2.45, 2.75) is 38.2 Å². The first-order chi connectivity index (χ1) is 9.36. The van der Waals surface area contributed by atoms with Crippen LogP contribution in [0.15, 0.2) is 17.0 Å². The van der Waals surface area contributed by atoms with Gasteiger partial charge in [0.1, 0.15) is 5.82 Å². The van der Waals surface area contributed by atoms with Gasteiger partial charge in [-0.2, -0.15) is 4.31 Å². The summed E-state index contributed by atoms with van der Waals surface area (Å²) in [7, 11) is -3.60. The van der Waals surface area contributed by atoms with Gasteiger partial charge in [-0.25, -0.2) is 12.8 Å². The predicted molar refractivity (Wildman–Crippen MR) is 74.7 cm³/mol. The van der Waals surface area contributed by atoms with Crippen molar-refractivity contribution >= 4 is 10.0 Å². The van der Waals surface area contributed by atoms with Crippen LogP contribution in [0.25, 0.3) is 0 Å². The number of nitrogens with zero attached hydrogens (tertiary/aromatic N) is 1. The SMILES string of the molecule is CCC1CN(S(=O)(=O)c2c(C)cc(F)cc2C)CCO1. The van der Waals surface area contributed by atoms with Crippen molar-refractivity contribution in [3.63, 3.8) is 0 Å². The van der Waals surface area contributed by atoms with Crippen molar-refractivity contribution in [1.82, 2.24) is 4.31 Å². The summed E-state index contributed by atoms with van der Waals surface area (Å²) in [5, 5.41) is 0. The number of rotatable bonds is 3. The molecule has 1 aliphatic heterocycles. The third kappa shape index (κ3) is 2.87. The lowest BCUT2D eigenvalue weighted by Crippen LogP contribution is -2.45. The summed E-state index contributed by atoms with van der Waals surface area (Å²) in [6.07, 6.45) is 0.701. The van der Waals surface area contributed by atoms with E-state index < -0.39 is 15.8 Å². The van der Waals surface area contributed by atoms with Crippen LogP contribution in [0.3, 0.4) is 0 Å². The molecule has 1 atom stereocenters. The lowest BCUT2D eigenvalue weighted by Gasteiger charge is -2.32. The van der Waals surface area contributed by atoms with Crippen molar-refractivity contribution in [2.24, 2.45) is 0 Å². The number of sulfonamides is 1. The third-order valence-electron chi connectivity index (χ3n) is 3.58. The fourth-order valence-electron chi connectivity index (χ4n) is 2.59. The molecule has 6 heteroatoms. The van der Waals surface area contributed by atoms with Crippen LogP contribution >= 0.6 is 0 Å². The Kier molecular flexibility index (Phi) is 4.46. The van der Waals surface area contributed by atoms with Gasteiger partial charge in [0.25, 0.3) is 0 Å². The Bertz CT molecular complexity index is 577. The van der Waals surface area contributed by atoms with Gasteiger partial charge in [0.05, 0.1) is 17.6 Å². The highest BCUT2D eigenvalue weighted by atomic mass is 32.2. The molecule has 0 radical (unpaired) electrons. The minimum Gasteiger partial charge on any atom is -0.375 e. The Morgan fingerprint density at radius 2 is 1.95 bits per heavy atom. The molecule has 112 valence electrons. The van der Waals surface area contributed by atoms with Crippen LogP contribution in [0.4, 0.5) is 4.39 Å². The standard InChI is InChI=1S/C14H20FNO3S/c1-4-13-9-16(5-6-19-13)20(17,18)14-10(2)7-12(15)8-11(14)3/h7-8,13H,4-6,9H2,1-3H3. The van der Waals surface area contributed by atoms with Crippen molar-refractivity contribution in [3.05, 3.63) is 29.1 Å². The van der Waals surface area contributed by atoms with Crippen molar-refractivity contribution in [3.8, 4) is 0 Å². The average Bonchev–Trinajstić information content (AvgIpc) is 2.37. The molecule has 1 fully saturated rings. The van der Waals surface area contributed by atoms with E-state index in [2.05, 4.69) is 0 Å². The first-order valence-corrected chi connectivity index (χ1v) is 8.18. The van der Waals surface area contributed by atoms with Crippen LogP contribution in [0, 0.1) is 19.7 Å². The van der Waals surface area contributed by atoms with Crippen LogP contribution < -0.4 is 0 Å². The number of benzene rings is 1. The Balaban J connectivity index is 2.40. The van der Waals surface area contributed by atoms with E-state index in [1.807, 2.05) is 6.92 Å². The summed E-state index contributed by atoms with van der Waals surface area (Å²) >= 11 is 0. The zero-order valence-electron chi connectivity index (χ0n) is 12.0. The van der Waals surface area contributed by atoms with Crippen LogP contribution in [0.2, 0.25) is 0 Å². The van der Waals surface area contributed by atoms with Gasteiger partial charge >= 0.3 is 0 Å². The zero-order valence-corrected chi connectivity index (χ0v) is 12.8. The van der Waals surface area contributed by atoms with Crippen molar-refractivity contribution < 1.29 is 17.5 Å². The molecule has 1 saturated heterocycles. The van der Waals surface area contributed by atoms with E-state index in [1.165, 1.54) is 16.4 Å². The van der Waals surface area contributed by atoms with E-state index in [-0.39, 0.29) is 11.0 Å². The molecule has 0 saturated carbocycles. The molecule has 2 rings (SSSR count). The molecule has 0 N–H and O–H groups in total. The summed E-state index contributed by atoms with van der Waals surface area (Å²) in [5.41, 5.74) is 0.893. The van der Waals surface area contributed by atoms with Crippen LogP contribution in [-0.2, 0) is 14.8 Å². The van der Waals surface area contributed by atoms with E-state index in [4.69, 9.17) is 4.74 Å². The second-order valence-electron chi connectivity index (χ2n) is 5.13. The molecule has 1 aromatic carbocycles. The quantitative estimate of drug-likeness (QED) is 0.860. The Morgan fingerprint density at radius 3 is 2.50 bits per heavy atom. The molecule has 0 spiro atoms. The van der Waals surface area contributed by atoms with Crippen LogP contribution in [0.1, 0.15) is 24.5 Å². The lowest BCUT2D eigenvalue weighted by molar-refractivity contribution is -0.00280. The summed E-state index contributed by atoms with van der Waals surface area (Å²) in [5.74, 6) is -0.410. The van der Waals surface area contributed by atoms with Crippen molar-refractivity contribution in [1.29, 1.82) is 0 Å². The molecule has 1 heterocycles. The average molecular weight is 301 g/mol. The lowest BCUT2D eigenvalue weighted by atomic mass is 10.1. The Hall–Kier alpha value is -0.980. The normalized spacial score (nSPS) is 21.1.